The first-order valence-electron chi connectivity index (χ1n) is 6.40. The van der Waals surface area contributed by atoms with Crippen LogP contribution in [-0.2, 0) is 0 Å². The number of nitrogens with zero attached hydrogens (tertiary/aromatic N) is 6. The standard InChI is InChI=1S/C14H8Cl2N6/c15-9-2-3-10(11(16)8-9)14-19-18-12-4-5-13(20-22(12)14)21-7-1-6-17-21/h1-8H. The SMILES string of the molecule is Clc1ccc(-c2nnc3ccc(-n4cccn4)nn23)c(Cl)c1. The Kier molecular flexibility index (Phi) is 3.06. The maximum absolute atomic E-state index is 6.25. The maximum Gasteiger partial charge on any atom is 0.186 e. The van der Waals surface area contributed by atoms with Gasteiger partial charge in [-0.25, -0.2) is 4.68 Å². The number of hydrogen-bond donors (Lipinski definition) is 0. The molecular weight excluding hydrogens is 323 g/mol. The average molecular weight is 331 g/mol. The summed E-state index contributed by atoms with van der Waals surface area (Å²) in [5.74, 6) is 1.20. The summed E-state index contributed by atoms with van der Waals surface area (Å²) in [6, 6.07) is 10.7. The van der Waals surface area contributed by atoms with Gasteiger partial charge in [-0.15, -0.1) is 15.3 Å². The molecule has 0 aliphatic heterocycles. The van der Waals surface area contributed by atoms with Gasteiger partial charge < -0.3 is 0 Å². The van der Waals surface area contributed by atoms with E-state index in [1.807, 2.05) is 24.4 Å². The first kappa shape index (κ1) is 13.2. The Hall–Kier alpha value is -2.44. The summed E-state index contributed by atoms with van der Waals surface area (Å²) in [6.45, 7) is 0. The first-order chi connectivity index (χ1) is 10.7. The predicted molar refractivity (Wildman–Crippen MR) is 83.4 cm³/mol. The molecule has 6 nitrogen and oxygen atoms in total. The van der Waals surface area contributed by atoms with Crippen molar-refractivity contribution in [2.24, 2.45) is 0 Å². The van der Waals surface area contributed by atoms with Crippen molar-refractivity contribution in [3.63, 3.8) is 0 Å². The van der Waals surface area contributed by atoms with Crippen LogP contribution in [0.4, 0.5) is 0 Å². The van der Waals surface area contributed by atoms with Gasteiger partial charge in [-0.2, -0.15) is 9.61 Å². The fourth-order valence-corrected chi connectivity index (χ4v) is 2.64. The van der Waals surface area contributed by atoms with Crippen LogP contribution in [0.25, 0.3) is 22.9 Å². The third-order valence-corrected chi connectivity index (χ3v) is 3.71. The summed E-state index contributed by atoms with van der Waals surface area (Å²) in [6.07, 6.45) is 3.50. The summed E-state index contributed by atoms with van der Waals surface area (Å²) < 4.78 is 3.29. The fourth-order valence-electron chi connectivity index (χ4n) is 2.14. The zero-order valence-corrected chi connectivity index (χ0v) is 12.6. The summed E-state index contributed by atoms with van der Waals surface area (Å²) in [4.78, 5) is 0. The summed E-state index contributed by atoms with van der Waals surface area (Å²) >= 11 is 12.2. The van der Waals surface area contributed by atoms with E-state index in [0.717, 1.165) is 0 Å². The van der Waals surface area contributed by atoms with Crippen LogP contribution in [0.5, 0.6) is 0 Å². The van der Waals surface area contributed by atoms with E-state index in [-0.39, 0.29) is 0 Å². The number of rotatable bonds is 2. The molecule has 0 radical (unpaired) electrons. The Bertz CT molecular complexity index is 961. The minimum atomic E-state index is 0.494. The predicted octanol–water partition coefficient (Wildman–Crippen LogP) is 3.28. The van der Waals surface area contributed by atoms with Crippen molar-refractivity contribution in [2.75, 3.05) is 0 Å². The highest BCUT2D eigenvalue weighted by molar-refractivity contribution is 6.36. The molecule has 1 aromatic carbocycles. The molecule has 0 saturated carbocycles. The van der Waals surface area contributed by atoms with Crippen molar-refractivity contribution < 1.29 is 0 Å². The molecule has 0 N–H and O–H groups in total. The largest absolute Gasteiger partial charge is 0.221 e. The lowest BCUT2D eigenvalue weighted by molar-refractivity contribution is 0.794. The highest BCUT2D eigenvalue weighted by atomic mass is 35.5. The van der Waals surface area contributed by atoms with Gasteiger partial charge in [0.15, 0.2) is 17.3 Å². The van der Waals surface area contributed by atoms with Gasteiger partial charge in [0.2, 0.25) is 0 Å². The van der Waals surface area contributed by atoms with E-state index < -0.39 is 0 Å². The molecule has 0 spiro atoms. The van der Waals surface area contributed by atoms with Gasteiger partial charge in [0.05, 0.1) is 5.02 Å². The Labute approximate surface area is 134 Å². The quantitative estimate of drug-likeness (QED) is 0.565. The van der Waals surface area contributed by atoms with E-state index in [0.29, 0.717) is 32.9 Å². The fraction of sp³-hybridized carbons (Fsp3) is 0. The molecule has 0 fully saturated rings. The number of hydrogen-bond acceptors (Lipinski definition) is 4. The molecule has 3 aromatic heterocycles. The second-order valence-electron chi connectivity index (χ2n) is 4.56. The van der Waals surface area contributed by atoms with Gasteiger partial charge in [-0.3, -0.25) is 0 Å². The molecule has 4 aromatic rings. The van der Waals surface area contributed by atoms with Gasteiger partial charge in [-0.1, -0.05) is 23.2 Å². The van der Waals surface area contributed by atoms with E-state index in [2.05, 4.69) is 20.4 Å². The smallest absolute Gasteiger partial charge is 0.186 e. The topological polar surface area (TPSA) is 60.9 Å². The Morgan fingerprint density at radius 1 is 1.00 bits per heavy atom. The second-order valence-corrected chi connectivity index (χ2v) is 5.40. The van der Waals surface area contributed by atoms with Gasteiger partial charge in [0, 0.05) is 23.0 Å². The lowest BCUT2D eigenvalue weighted by Crippen LogP contribution is -2.03. The van der Waals surface area contributed by atoms with Crippen LogP contribution in [0.2, 0.25) is 10.0 Å². The third-order valence-electron chi connectivity index (χ3n) is 3.16. The van der Waals surface area contributed by atoms with Crippen LogP contribution in [0.1, 0.15) is 0 Å². The normalized spacial score (nSPS) is 11.2. The summed E-state index contributed by atoms with van der Waals surface area (Å²) in [5.41, 5.74) is 1.33. The van der Waals surface area contributed by atoms with E-state index >= 15 is 0 Å². The molecular formula is C14H8Cl2N6. The molecule has 22 heavy (non-hydrogen) atoms. The van der Waals surface area contributed by atoms with Gasteiger partial charge in [0.1, 0.15) is 0 Å². The summed E-state index contributed by atoms with van der Waals surface area (Å²) in [5, 5.41) is 18.0. The molecule has 0 aliphatic rings. The molecule has 0 bridgehead atoms. The van der Waals surface area contributed by atoms with E-state index in [4.69, 9.17) is 23.2 Å². The van der Waals surface area contributed by atoms with E-state index in [1.165, 1.54) is 0 Å². The van der Waals surface area contributed by atoms with Crippen LogP contribution in [-0.4, -0.2) is 29.6 Å². The lowest BCUT2D eigenvalue weighted by atomic mass is 10.2. The highest BCUT2D eigenvalue weighted by Crippen LogP contribution is 2.29. The molecule has 0 amide bonds. The number of halogens is 2. The van der Waals surface area contributed by atoms with Crippen molar-refractivity contribution in [2.45, 2.75) is 0 Å². The van der Waals surface area contributed by atoms with Gasteiger partial charge in [0.25, 0.3) is 0 Å². The Morgan fingerprint density at radius 2 is 1.91 bits per heavy atom. The van der Waals surface area contributed by atoms with Crippen LogP contribution >= 0.6 is 23.2 Å². The van der Waals surface area contributed by atoms with Crippen LogP contribution in [0.3, 0.4) is 0 Å². The zero-order valence-electron chi connectivity index (χ0n) is 11.1. The highest BCUT2D eigenvalue weighted by Gasteiger charge is 2.13. The Balaban J connectivity index is 1.93. The molecule has 0 atom stereocenters. The van der Waals surface area contributed by atoms with E-state index in [1.54, 1.807) is 33.6 Å². The van der Waals surface area contributed by atoms with Crippen molar-refractivity contribution in [1.82, 2.24) is 29.6 Å². The zero-order chi connectivity index (χ0) is 15.1. The molecule has 0 aliphatic carbocycles. The van der Waals surface area contributed by atoms with Crippen LogP contribution in [0.15, 0.2) is 48.8 Å². The molecule has 0 unspecified atom stereocenters. The third kappa shape index (κ3) is 2.13. The van der Waals surface area contributed by atoms with Crippen molar-refractivity contribution in [3.05, 3.63) is 58.8 Å². The number of aromatic nitrogens is 6. The minimum absolute atomic E-state index is 0.494. The van der Waals surface area contributed by atoms with Gasteiger partial charge >= 0.3 is 0 Å². The molecule has 3 heterocycles. The van der Waals surface area contributed by atoms with Crippen molar-refractivity contribution >= 4 is 28.8 Å². The van der Waals surface area contributed by atoms with Crippen molar-refractivity contribution in [3.8, 4) is 17.2 Å². The molecule has 8 heteroatoms. The monoisotopic (exact) mass is 330 g/mol. The maximum atomic E-state index is 6.25. The van der Waals surface area contributed by atoms with Crippen LogP contribution < -0.4 is 0 Å². The number of fused-ring (bicyclic) bond motifs is 1. The minimum Gasteiger partial charge on any atom is -0.221 e. The van der Waals surface area contributed by atoms with E-state index in [9.17, 15) is 0 Å². The van der Waals surface area contributed by atoms with Crippen LogP contribution in [0, 0.1) is 0 Å². The lowest BCUT2D eigenvalue weighted by Gasteiger charge is -2.04. The molecule has 4 rings (SSSR count). The second kappa shape index (κ2) is 5.08. The molecule has 108 valence electrons. The number of benzene rings is 1. The first-order valence-corrected chi connectivity index (χ1v) is 7.16. The van der Waals surface area contributed by atoms with Crippen molar-refractivity contribution in [1.29, 1.82) is 0 Å². The summed E-state index contributed by atoms with van der Waals surface area (Å²) in [7, 11) is 0. The molecule has 0 saturated heterocycles. The Morgan fingerprint density at radius 3 is 2.68 bits per heavy atom. The average Bonchev–Trinajstić information content (AvgIpc) is 3.16. The van der Waals surface area contributed by atoms with Gasteiger partial charge in [-0.05, 0) is 36.4 Å².